The van der Waals surface area contributed by atoms with E-state index in [9.17, 15) is 18.0 Å². The number of ketones is 1. The fourth-order valence-electron chi connectivity index (χ4n) is 1.05. The molecule has 0 saturated heterocycles. The van der Waals surface area contributed by atoms with Crippen LogP contribution in [0.1, 0.15) is 10.5 Å². The summed E-state index contributed by atoms with van der Waals surface area (Å²) in [5.41, 5.74) is -0.470. The fraction of sp³-hybridized carbons (Fsp3) is 0.125. The molecule has 9 heteroatoms. The molecule has 0 spiro atoms. The quantitative estimate of drug-likeness (QED) is 0.729. The lowest BCUT2D eigenvalue weighted by Crippen LogP contribution is -2.23. The smallest absolute Gasteiger partial charge is 0.282 e. The molecular formula is C8H4F3N5O. The average molecular weight is 243 g/mol. The molecule has 2 aromatic rings. The molecule has 0 atom stereocenters. The van der Waals surface area contributed by atoms with Crippen molar-refractivity contribution in [1.82, 2.24) is 25.0 Å². The van der Waals surface area contributed by atoms with Crippen LogP contribution in [0.4, 0.5) is 13.2 Å². The molecule has 0 bridgehead atoms. The number of rotatable bonds is 2. The molecule has 2 heterocycles. The van der Waals surface area contributed by atoms with Crippen molar-refractivity contribution in [2.24, 2.45) is 0 Å². The van der Waals surface area contributed by atoms with E-state index in [1.807, 2.05) is 0 Å². The van der Waals surface area contributed by atoms with Gasteiger partial charge in [0.15, 0.2) is 5.69 Å². The van der Waals surface area contributed by atoms with Gasteiger partial charge in [-0.05, 0) is 0 Å². The number of Topliss-reactive ketones (excluding diaryl/α,β-unsaturated/α-hetero) is 1. The van der Waals surface area contributed by atoms with E-state index in [1.165, 1.54) is 18.7 Å². The van der Waals surface area contributed by atoms with Gasteiger partial charge < -0.3 is 0 Å². The number of nitrogens with zero attached hydrogens (tertiary/aromatic N) is 5. The minimum atomic E-state index is -4.96. The maximum atomic E-state index is 12.1. The van der Waals surface area contributed by atoms with Gasteiger partial charge in [-0.15, -0.1) is 5.10 Å². The first-order valence-corrected chi connectivity index (χ1v) is 4.28. The van der Waals surface area contributed by atoms with E-state index in [4.69, 9.17) is 0 Å². The fourth-order valence-corrected chi connectivity index (χ4v) is 1.05. The first-order valence-electron chi connectivity index (χ1n) is 4.28. The zero-order valence-corrected chi connectivity index (χ0v) is 8.09. The zero-order chi connectivity index (χ0) is 12.5. The maximum Gasteiger partial charge on any atom is 0.456 e. The Morgan fingerprint density at radius 3 is 2.47 bits per heavy atom. The average Bonchev–Trinajstić information content (AvgIpc) is 2.77. The molecule has 0 fully saturated rings. The Labute approximate surface area is 92.1 Å². The van der Waals surface area contributed by atoms with E-state index in [0.29, 0.717) is 5.69 Å². The highest BCUT2D eigenvalue weighted by Crippen LogP contribution is 2.20. The maximum absolute atomic E-state index is 12.1. The van der Waals surface area contributed by atoms with E-state index in [0.717, 1.165) is 10.9 Å². The van der Waals surface area contributed by atoms with Crippen molar-refractivity contribution in [3.8, 4) is 5.69 Å². The molecule has 88 valence electrons. The van der Waals surface area contributed by atoms with Crippen molar-refractivity contribution in [2.45, 2.75) is 6.18 Å². The first-order chi connectivity index (χ1) is 7.98. The van der Waals surface area contributed by atoms with Crippen LogP contribution in [0.15, 0.2) is 24.9 Å². The number of hydrogen-bond donors (Lipinski definition) is 0. The van der Waals surface area contributed by atoms with Crippen LogP contribution in [0.5, 0.6) is 0 Å². The lowest BCUT2D eigenvalue weighted by atomic mass is 10.3. The number of alkyl halides is 3. The van der Waals surface area contributed by atoms with Crippen molar-refractivity contribution in [2.75, 3.05) is 0 Å². The highest BCUT2D eigenvalue weighted by molar-refractivity contribution is 5.98. The third-order valence-corrected chi connectivity index (χ3v) is 1.79. The van der Waals surface area contributed by atoms with Crippen LogP contribution in [0.2, 0.25) is 0 Å². The molecule has 17 heavy (non-hydrogen) atoms. The molecule has 0 amide bonds. The Morgan fingerprint density at radius 1 is 1.24 bits per heavy atom. The summed E-state index contributed by atoms with van der Waals surface area (Å²) in [6.07, 6.45) is -0.197. The molecule has 0 radical (unpaired) electrons. The van der Waals surface area contributed by atoms with E-state index < -0.39 is 17.7 Å². The van der Waals surface area contributed by atoms with Gasteiger partial charge in [0.25, 0.3) is 5.78 Å². The molecule has 0 N–H and O–H groups in total. The van der Waals surface area contributed by atoms with Crippen molar-refractivity contribution < 1.29 is 18.0 Å². The number of carbonyl (C=O) groups is 1. The van der Waals surface area contributed by atoms with Crippen LogP contribution in [0, 0.1) is 0 Å². The molecule has 6 nitrogen and oxygen atoms in total. The number of aromatic nitrogens is 5. The minimum Gasteiger partial charge on any atom is -0.282 e. The van der Waals surface area contributed by atoms with Gasteiger partial charge in [0.1, 0.15) is 12.0 Å². The van der Waals surface area contributed by atoms with Crippen molar-refractivity contribution in [3.63, 3.8) is 0 Å². The Morgan fingerprint density at radius 2 is 1.88 bits per heavy atom. The number of halogens is 3. The first kappa shape index (κ1) is 11.2. The van der Waals surface area contributed by atoms with Crippen LogP contribution < -0.4 is 0 Å². The monoisotopic (exact) mass is 243 g/mol. The minimum absolute atomic E-state index is 0.307. The van der Waals surface area contributed by atoms with E-state index in [1.54, 1.807) is 0 Å². The zero-order valence-electron chi connectivity index (χ0n) is 8.09. The van der Waals surface area contributed by atoms with Gasteiger partial charge in [0.2, 0.25) is 0 Å². The second kappa shape index (κ2) is 3.92. The molecule has 0 aliphatic carbocycles. The predicted molar refractivity (Wildman–Crippen MR) is 47.3 cm³/mol. The summed E-state index contributed by atoms with van der Waals surface area (Å²) in [6.45, 7) is 0. The summed E-state index contributed by atoms with van der Waals surface area (Å²) in [5, 5.41) is 6.53. The molecular weight excluding hydrogens is 239 g/mol. The molecule has 0 unspecified atom stereocenters. The third-order valence-electron chi connectivity index (χ3n) is 1.79. The van der Waals surface area contributed by atoms with Crippen LogP contribution in [-0.2, 0) is 0 Å². The molecule has 0 aliphatic heterocycles. The second-order valence-electron chi connectivity index (χ2n) is 2.97. The Hall–Kier alpha value is -2.32. The van der Waals surface area contributed by atoms with Crippen molar-refractivity contribution in [1.29, 1.82) is 0 Å². The molecule has 0 aromatic carbocycles. The van der Waals surface area contributed by atoms with Gasteiger partial charge in [0.05, 0.1) is 18.6 Å². The summed E-state index contributed by atoms with van der Waals surface area (Å²) in [4.78, 5) is 18.2. The number of carbonyl (C=O) groups excluding carboxylic acids is 1. The van der Waals surface area contributed by atoms with Gasteiger partial charge in [-0.1, -0.05) is 5.21 Å². The third kappa shape index (κ3) is 2.27. The van der Waals surface area contributed by atoms with Crippen LogP contribution in [0.25, 0.3) is 5.69 Å². The van der Waals surface area contributed by atoms with E-state index >= 15 is 0 Å². The summed E-state index contributed by atoms with van der Waals surface area (Å²) < 4.78 is 37.3. The second-order valence-corrected chi connectivity index (χ2v) is 2.97. The molecule has 0 aliphatic rings. The topological polar surface area (TPSA) is 73.6 Å². The molecule has 0 saturated carbocycles. The summed E-state index contributed by atoms with van der Waals surface area (Å²) >= 11 is 0. The van der Waals surface area contributed by atoms with Crippen LogP contribution in [0.3, 0.4) is 0 Å². The predicted octanol–water partition coefficient (Wildman–Crippen LogP) is 0.802. The van der Waals surface area contributed by atoms with E-state index in [-0.39, 0.29) is 0 Å². The SMILES string of the molecule is O=C(c1cn(-c2cncnc2)nn1)C(F)(F)F. The van der Waals surface area contributed by atoms with Crippen molar-refractivity contribution >= 4 is 5.78 Å². The highest BCUT2D eigenvalue weighted by atomic mass is 19.4. The largest absolute Gasteiger partial charge is 0.456 e. The molecule has 2 rings (SSSR count). The summed E-state index contributed by atoms with van der Waals surface area (Å²) in [7, 11) is 0. The summed E-state index contributed by atoms with van der Waals surface area (Å²) in [6, 6.07) is 0. The van der Waals surface area contributed by atoms with Crippen LogP contribution >= 0.6 is 0 Å². The van der Waals surface area contributed by atoms with Gasteiger partial charge in [0, 0.05) is 0 Å². The number of hydrogen-bond acceptors (Lipinski definition) is 5. The van der Waals surface area contributed by atoms with Crippen LogP contribution in [-0.4, -0.2) is 36.9 Å². The van der Waals surface area contributed by atoms with Crippen molar-refractivity contribution in [3.05, 3.63) is 30.6 Å². The summed E-state index contributed by atoms with van der Waals surface area (Å²) in [5.74, 6) is -2.04. The van der Waals surface area contributed by atoms with Gasteiger partial charge in [-0.2, -0.15) is 13.2 Å². The Balaban J connectivity index is 2.32. The van der Waals surface area contributed by atoms with E-state index in [2.05, 4.69) is 20.3 Å². The standard InChI is InChI=1S/C8H4F3N5O/c9-8(10,11)7(17)6-3-16(15-14-6)5-1-12-4-13-2-5/h1-4H. The molecule has 2 aromatic heterocycles. The lowest BCUT2D eigenvalue weighted by Gasteiger charge is -2.00. The Kier molecular flexibility index (Phi) is 2.58. The van der Waals surface area contributed by atoms with Gasteiger partial charge in [-0.3, -0.25) is 4.79 Å². The Bertz CT molecular complexity index is 536. The van der Waals surface area contributed by atoms with Gasteiger partial charge in [-0.25, -0.2) is 14.6 Å². The normalized spacial score (nSPS) is 11.5. The van der Waals surface area contributed by atoms with Gasteiger partial charge >= 0.3 is 6.18 Å². The highest BCUT2D eigenvalue weighted by Gasteiger charge is 2.41. The lowest BCUT2D eigenvalue weighted by molar-refractivity contribution is -0.0888.